The second kappa shape index (κ2) is 10.7. The normalized spacial score (nSPS) is 11.2. The van der Waals surface area contributed by atoms with Crippen LogP contribution >= 0.6 is 0 Å². The average molecular weight is 227 g/mol. The third-order valence-electron chi connectivity index (χ3n) is 2.56. The van der Waals surface area contributed by atoms with Gasteiger partial charge < -0.3 is 9.64 Å². The van der Waals surface area contributed by atoms with Gasteiger partial charge in [-0.1, -0.05) is 19.9 Å². The Morgan fingerprint density at radius 3 is 2.44 bits per heavy atom. The van der Waals surface area contributed by atoms with Gasteiger partial charge in [0.15, 0.2) is 0 Å². The molecular weight excluding hydrogens is 202 g/mol. The number of carbonyl (C=O) groups excluding carboxylic acids is 1. The summed E-state index contributed by atoms with van der Waals surface area (Å²) >= 11 is 0. The number of allylic oxidation sites excluding steroid dienone is 1. The van der Waals surface area contributed by atoms with Crippen molar-refractivity contribution in [2.75, 3.05) is 26.2 Å². The molecule has 3 nitrogen and oxygen atoms in total. The van der Waals surface area contributed by atoms with Crippen molar-refractivity contribution in [1.29, 1.82) is 0 Å². The Bertz CT molecular complexity index is 198. The molecule has 0 N–H and O–H groups in total. The third kappa shape index (κ3) is 8.48. The number of rotatable bonds is 9. The number of hydrogen-bond donors (Lipinski definition) is 0. The van der Waals surface area contributed by atoms with E-state index in [1.165, 1.54) is 12.5 Å². The molecule has 0 aliphatic carbocycles. The number of ether oxygens (including phenoxy) is 1. The van der Waals surface area contributed by atoms with E-state index in [0.717, 1.165) is 32.5 Å². The monoisotopic (exact) mass is 227 g/mol. The van der Waals surface area contributed by atoms with Gasteiger partial charge in [0.05, 0.1) is 6.61 Å². The summed E-state index contributed by atoms with van der Waals surface area (Å²) in [6.07, 6.45) is 6.42. The molecule has 0 fully saturated rings. The first-order valence-corrected chi connectivity index (χ1v) is 6.26. The van der Waals surface area contributed by atoms with Crippen molar-refractivity contribution in [3.63, 3.8) is 0 Å². The second-order valence-corrected chi connectivity index (χ2v) is 3.76. The number of nitrogens with zero attached hydrogens (tertiary/aromatic N) is 1. The van der Waals surface area contributed by atoms with E-state index in [2.05, 4.69) is 18.7 Å². The SMILES string of the molecule is CC=CC(=O)OCCCCCN(CC)CC. The van der Waals surface area contributed by atoms with Crippen molar-refractivity contribution in [2.45, 2.75) is 40.0 Å². The quantitative estimate of drug-likeness (QED) is 0.344. The fourth-order valence-electron chi connectivity index (χ4n) is 1.51. The summed E-state index contributed by atoms with van der Waals surface area (Å²) < 4.78 is 5.00. The highest BCUT2D eigenvalue weighted by Crippen LogP contribution is 1.99. The van der Waals surface area contributed by atoms with Crippen LogP contribution in [0, 0.1) is 0 Å². The van der Waals surface area contributed by atoms with Crippen LogP contribution in [0.3, 0.4) is 0 Å². The van der Waals surface area contributed by atoms with Gasteiger partial charge >= 0.3 is 5.97 Å². The molecule has 0 saturated heterocycles. The predicted molar refractivity (Wildman–Crippen MR) is 67.4 cm³/mol. The lowest BCUT2D eigenvalue weighted by Gasteiger charge is -2.17. The molecule has 0 aliphatic heterocycles. The zero-order chi connectivity index (χ0) is 12.2. The summed E-state index contributed by atoms with van der Waals surface area (Å²) in [5.74, 6) is -0.230. The largest absolute Gasteiger partial charge is 0.463 e. The van der Waals surface area contributed by atoms with Gasteiger partial charge in [-0.2, -0.15) is 0 Å². The van der Waals surface area contributed by atoms with Gasteiger partial charge in [-0.3, -0.25) is 0 Å². The Balaban J connectivity index is 3.30. The van der Waals surface area contributed by atoms with E-state index in [1.54, 1.807) is 6.08 Å². The lowest BCUT2D eigenvalue weighted by molar-refractivity contribution is -0.137. The zero-order valence-corrected chi connectivity index (χ0v) is 10.9. The van der Waals surface area contributed by atoms with Crippen LogP contribution in [0.2, 0.25) is 0 Å². The highest BCUT2D eigenvalue weighted by Gasteiger charge is 1.99. The summed E-state index contributed by atoms with van der Waals surface area (Å²) in [6.45, 7) is 10.1. The van der Waals surface area contributed by atoms with Crippen LogP contribution in [0.4, 0.5) is 0 Å². The highest BCUT2D eigenvalue weighted by atomic mass is 16.5. The summed E-state index contributed by atoms with van der Waals surface area (Å²) in [6, 6.07) is 0. The Hall–Kier alpha value is -0.830. The van der Waals surface area contributed by atoms with Crippen molar-refractivity contribution in [1.82, 2.24) is 4.90 Å². The van der Waals surface area contributed by atoms with E-state index in [0.29, 0.717) is 6.61 Å². The average Bonchev–Trinajstić information content (AvgIpc) is 2.29. The van der Waals surface area contributed by atoms with Crippen LogP contribution in [0.1, 0.15) is 40.0 Å². The van der Waals surface area contributed by atoms with Crippen molar-refractivity contribution < 1.29 is 9.53 Å². The first-order chi connectivity index (χ1) is 7.74. The molecule has 0 saturated carbocycles. The minimum atomic E-state index is -0.230. The molecule has 0 unspecified atom stereocenters. The van der Waals surface area contributed by atoms with Gasteiger partial charge in [-0.15, -0.1) is 0 Å². The molecule has 0 amide bonds. The molecule has 0 spiro atoms. The summed E-state index contributed by atoms with van der Waals surface area (Å²) in [5, 5.41) is 0. The van der Waals surface area contributed by atoms with E-state index >= 15 is 0 Å². The maximum absolute atomic E-state index is 11.0. The molecule has 0 aromatic rings. The molecule has 0 radical (unpaired) electrons. The summed E-state index contributed by atoms with van der Waals surface area (Å²) in [5.41, 5.74) is 0. The summed E-state index contributed by atoms with van der Waals surface area (Å²) in [4.78, 5) is 13.4. The number of carbonyl (C=O) groups is 1. The molecule has 0 aromatic heterocycles. The van der Waals surface area contributed by atoms with Gasteiger partial charge in [0.1, 0.15) is 0 Å². The number of esters is 1. The van der Waals surface area contributed by atoms with Crippen molar-refractivity contribution in [2.24, 2.45) is 0 Å². The maximum atomic E-state index is 11.0. The Labute approximate surface area is 99.5 Å². The lowest BCUT2D eigenvalue weighted by atomic mass is 10.2. The molecule has 0 heterocycles. The minimum Gasteiger partial charge on any atom is -0.463 e. The molecule has 16 heavy (non-hydrogen) atoms. The fourth-order valence-corrected chi connectivity index (χ4v) is 1.51. The first-order valence-electron chi connectivity index (χ1n) is 6.26. The van der Waals surface area contributed by atoms with Crippen LogP contribution in [0.25, 0.3) is 0 Å². The number of unbranched alkanes of at least 4 members (excludes halogenated alkanes) is 2. The molecule has 3 heteroatoms. The molecule has 0 aromatic carbocycles. The van der Waals surface area contributed by atoms with Gasteiger partial charge in [-0.05, 0) is 45.8 Å². The fraction of sp³-hybridized carbons (Fsp3) is 0.769. The second-order valence-electron chi connectivity index (χ2n) is 3.76. The van der Waals surface area contributed by atoms with E-state index < -0.39 is 0 Å². The molecular formula is C13H25NO2. The minimum absolute atomic E-state index is 0.230. The van der Waals surface area contributed by atoms with Crippen LogP contribution in [-0.4, -0.2) is 37.1 Å². The van der Waals surface area contributed by atoms with E-state index in [1.807, 2.05) is 6.92 Å². The Morgan fingerprint density at radius 2 is 1.88 bits per heavy atom. The van der Waals surface area contributed by atoms with Crippen LogP contribution in [-0.2, 0) is 9.53 Å². The van der Waals surface area contributed by atoms with Crippen molar-refractivity contribution in [3.05, 3.63) is 12.2 Å². The number of hydrogen-bond acceptors (Lipinski definition) is 3. The molecule has 0 bridgehead atoms. The molecule has 94 valence electrons. The van der Waals surface area contributed by atoms with Gasteiger partial charge in [0.2, 0.25) is 0 Å². The molecule has 0 atom stereocenters. The van der Waals surface area contributed by atoms with Gasteiger partial charge in [-0.25, -0.2) is 4.79 Å². The van der Waals surface area contributed by atoms with Crippen molar-refractivity contribution >= 4 is 5.97 Å². The Kier molecular flexibility index (Phi) is 10.1. The van der Waals surface area contributed by atoms with Crippen molar-refractivity contribution in [3.8, 4) is 0 Å². The van der Waals surface area contributed by atoms with E-state index in [4.69, 9.17) is 4.74 Å². The summed E-state index contributed by atoms with van der Waals surface area (Å²) in [7, 11) is 0. The van der Waals surface area contributed by atoms with Gasteiger partial charge in [0.25, 0.3) is 0 Å². The highest BCUT2D eigenvalue weighted by molar-refractivity contribution is 5.81. The maximum Gasteiger partial charge on any atom is 0.330 e. The lowest BCUT2D eigenvalue weighted by Crippen LogP contribution is -2.23. The topological polar surface area (TPSA) is 29.5 Å². The van der Waals surface area contributed by atoms with E-state index in [9.17, 15) is 4.79 Å². The smallest absolute Gasteiger partial charge is 0.330 e. The molecule has 0 aliphatic rings. The standard InChI is InChI=1S/C13H25NO2/c1-4-10-13(15)16-12-9-7-8-11-14(5-2)6-3/h4,10H,5-9,11-12H2,1-3H3. The first kappa shape index (κ1) is 15.2. The van der Waals surface area contributed by atoms with Crippen LogP contribution in [0.15, 0.2) is 12.2 Å². The molecule has 0 rings (SSSR count). The third-order valence-corrected chi connectivity index (χ3v) is 2.56. The van der Waals surface area contributed by atoms with Crippen LogP contribution < -0.4 is 0 Å². The predicted octanol–water partition coefficient (Wildman–Crippen LogP) is 2.62. The van der Waals surface area contributed by atoms with Gasteiger partial charge in [0, 0.05) is 6.08 Å². The Morgan fingerprint density at radius 1 is 1.19 bits per heavy atom. The zero-order valence-electron chi connectivity index (χ0n) is 10.9. The van der Waals surface area contributed by atoms with Crippen LogP contribution in [0.5, 0.6) is 0 Å². The van der Waals surface area contributed by atoms with E-state index in [-0.39, 0.29) is 5.97 Å².